The molecule has 12 aromatic heterocycles. The van der Waals surface area contributed by atoms with Crippen molar-refractivity contribution in [3.8, 4) is 0 Å². The first-order chi connectivity index (χ1) is 51.5. The Bertz CT molecular complexity index is 5840. The SMILES string of the molecule is C.C/C(=N\O)c1ccc2nnc(C(C)c3c(F)cc4ncccc4c3F)n2n1.C/C(=N\O)c1ccc2nnc([C@@H](C)c3c(F)cc4ncccc4c3F)n2n1.C/C(=N\O)c1ccc2nnc([C@H](C)c3c(F)cc4ncccc4c3F)n2n1.CC(=O)c1ccc2nnc(C(C)c3c(F)cc4ncccc4c3F)n2n1. The molecular formula is C73H59F8N23O4. The zero-order valence-electron chi connectivity index (χ0n) is 57.2. The van der Waals surface area contributed by atoms with Gasteiger partial charge < -0.3 is 15.6 Å². The number of Topliss-reactive ketones (excluding diaryl/α,β-unsaturated/α-hetero) is 1. The minimum Gasteiger partial charge on any atom is -0.411 e. The molecule has 0 bridgehead atoms. The summed E-state index contributed by atoms with van der Waals surface area (Å²) in [6.07, 6.45) is 5.91. The number of hydrogen-bond donors (Lipinski definition) is 3. The molecule has 0 aliphatic heterocycles. The number of benzene rings is 4. The molecule has 4 aromatic carbocycles. The average molecular weight is 1470 g/mol. The van der Waals surface area contributed by atoms with Crippen LogP contribution >= 0.6 is 0 Å². The van der Waals surface area contributed by atoms with Crippen molar-refractivity contribution in [3.05, 3.63) is 261 Å². The minimum absolute atomic E-state index is 0. The molecule has 35 heteroatoms. The molecule has 12 heterocycles. The Balaban J connectivity index is 0.000000134. The summed E-state index contributed by atoms with van der Waals surface area (Å²) in [5, 5.41) is 86.4. The van der Waals surface area contributed by atoms with Gasteiger partial charge >= 0.3 is 0 Å². The molecule has 108 heavy (non-hydrogen) atoms. The van der Waals surface area contributed by atoms with E-state index in [4.69, 9.17) is 15.6 Å². The van der Waals surface area contributed by atoms with Gasteiger partial charge in [0.05, 0.1) is 22.1 Å². The molecule has 0 spiro atoms. The van der Waals surface area contributed by atoms with Crippen LogP contribution < -0.4 is 0 Å². The van der Waals surface area contributed by atoms with Crippen molar-refractivity contribution in [3.63, 3.8) is 0 Å². The lowest BCUT2D eigenvalue weighted by Gasteiger charge is -2.14. The van der Waals surface area contributed by atoms with Gasteiger partial charge in [-0.1, -0.05) is 50.6 Å². The Labute approximate surface area is 604 Å². The van der Waals surface area contributed by atoms with E-state index in [0.29, 0.717) is 56.8 Å². The molecule has 546 valence electrons. The zero-order chi connectivity index (χ0) is 75.8. The quantitative estimate of drug-likeness (QED) is 0.0336. The van der Waals surface area contributed by atoms with Crippen LogP contribution in [0.15, 0.2) is 162 Å². The summed E-state index contributed by atoms with van der Waals surface area (Å²) in [5.41, 5.74) is 4.29. The van der Waals surface area contributed by atoms with Gasteiger partial charge in [-0.3, -0.25) is 24.7 Å². The summed E-state index contributed by atoms with van der Waals surface area (Å²) in [4.78, 5) is 27.5. The van der Waals surface area contributed by atoms with Gasteiger partial charge in [-0.05, 0) is 118 Å². The molecule has 16 aromatic rings. The summed E-state index contributed by atoms with van der Waals surface area (Å²) in [6.45, 7) is 12.6. The third kappa shape index (κ3) is 13.8. The second-order valence-electron chi connectivity index (χ2n) is 24.3. The third-order valence-electron chi connectivity index (χ3n) is 17.7. The molecule has 0 saturated carbocycles. The van der Waals surface area contributed by atoms with Crippen molar-refractivity contribution < 1.29 is 55.5 Å². The predicted octanol–water partition coefficient (Wildman–Crippen LogP) is 13.8. The number of nitrogens with zero attached hydrogens (tertiary/aromatic N) is 23. The molecule has 0 aliphatic rings. The van der Waals surface area contributed by atoms with Crippen LogP contribution in [0, 0.1) is 46.5 Å². The number of oxime groups is 3. The number of rotatable bonds is 12. The molecule has 0 saturated heterocycles. The largest absolute Gasteiger partial charge is 0.411 e. The Morgan fingerprint density at radius 1 is 0.343 bits per heavy atom. The van der Waals surface area contributed by atoms with Gasteiger partial charge in [0.1, 0.15) is 86.4 Å². The normalized spacial score (nSPS) is 13.1. The van der Waals surface area contributed by atoms with Crippen LogP contribution in [0.5, 0.6) is 0 Å². The van der Waals surface area contributed by atoms with Crippen molar-refractivity contribution in [1.29, 1.82) is 0 Å². The first-order valence-electron chi connectivity index (χ1n) is 32.4. The van der Waals surface area contributed by atoms with Crippen molar-refractivity contribution in [2.45, 2.75) is 86.5 Å². The first kappa shape index (κ1) is 74.0. The Kier molecular flexibility index (Phi) is 20.9. The number of hydrogen-bond acceptors (Lipinski definition) is 23. The van der Waals surface area contributed by atoms with E-state index in [1.54, 1.807) is 139 Å². The third-order valence-corrected chi connectivity index (χ3v) is 17.7. The van der Waals surface area contributed by atoms with Gasteiger partial charge in [0.25, 0.3) is 0 Å². The van der Waals surface area contributed by atoms with Gasteiger partial charge in [0.15, 0.2) is 51.7 Å². The van der Waals surface area contributed by atoms with Gasteiger partial charge in [0.2, 0.25) is 0 Å². The Hall–Kier alpha value is -13.8. The van der Waals surface area contributed by atoms with E-state index in [9.17, 15) is 26.7 Å². The molecule has 3 N–H and O–H groups in total. The Morgan fingerprint density at radius 2 is 0.565 bits per heavy atom. The van der Waals surface area contributed by atoms with Gasteiger partial charge in [0, 0.05) is 123 Å². The lowest BCUT2D eigenvalue weighted by molar-refractivity contribution is 0.101. The molecule has 0 aliphatic carbocycles. The van der Waals surface area contributed by atoms with Crippen molar-refractivity contribution in [1.82, 2.24) is 99.2 Å². The number of carbonyl (C=O) groups is 1. The number of carbonyl (C=O) groups excluding carboxylic acids is 1. The second kappa shape index (κ2) is 30.5. The van der Waals surface area contributed by atoms with Crippen LogP contribution in [-0.4, -0.2) is 138 Å². The standard InChI is InChI=1S/3C18H14F2N6O.C18H13F2N5O.CH4/c3*1-9(16-12(19)8-14-11(17(16)20)4-3-7-21-14)18-23-22-15-6-5-13(10(2)25-27)24-26(15)18;1-9(16-12(19)8-14-11(17(16)20)4-3-7-21-14)18-23-22-15-6-5-13(10(2)26)24-25(15)18;/h3*3-9,27H,1-2H3;3-9H,1-2H3;1H4/b3*25-10+;;/t2*9-;;;/m10.../s1. The molecule has 2 unspecified atom stereocenters. The van der Waals surface area contributed by atoms with Gasteiger partial charge in [-0.15, -0.1) is 40.8 Å². The van der Waals surface area contributed by atoms with Crippen LogP contribution in [0.25, 0.3) is 66.2 Å². The van der Waals surface area contributed by atoms with Crippen LogP contribution in [0.1, 0.15) is 160 Å². The smallest absolute Gasteiger partial charge is 0.179 e. The van der Waals surface area contributed by atoms with E-state index in [1.807, 2.05) is 0 Å². The highest BCUT2D eigenvalue weighted by Gasteiger charge is 2.31. The lowest BCUT2D eigenvalue weighted by atomic mass is 9.97. The summed E-state index contributed by atoms with van der Waals surface area (Å²) >= 11 is 0. The summed E-state index contributed by atoms with van der Waals surface area (Å²) < 4.78 is 124. The fraction of sp³-hybridized carbons (Fsp3) is 0.178. The number of aromatic nitrogens is 20. The first-order valence-corrected chi connectivity index (χ1v) is 32.4. The highest BCUT2D eigenvalue weighted by atomic mass is 19.2. The predicted molar refractivity (Wildman–Crippen MR) is 379 cm³/mol. The maximum Gasteiger partial charge on any atom is 0.179 e. The van der Waals surface area contributed by atoms with Gasteiger partial charge in [-0.2, -0.15) is 38.5 Å². The fourth-order valence-electron chi connectivity index (χ4n) is 12.0. The van der Waals surface area contributed by atoms with E-state index in [0.717, 1.165) is 0 Å². The molecule has 4 atom stereocenters. The number of ketones is 1. The fourth-order valence-corrected chi connectivity index (χ4v) is 12.0. The van der Waals surface area contributed by atoms with Crippen molar-refractivity contribution in [2.24, 2.45) is 15.5 Å². The van der Waals surface area contributed by atoms with E-state index in [2.05, 4.69) is 96.6 Å². The monoisotopic (exact) mass is 1470 g/mol. The van der Waals surface area contributed by atoms with Crippen molar-refractivity contribution in [2.75, 3.05) is 0 Å². The molecule has 16 rings (SSSR count). The van der Waals surface area contributed by atoms with Gasteiger partial charge in [-0.25, -0.2) is 35.1 Å². The van der Waals surface area contributed by atoms with Crippen molar-refractivity contribution >= 4 is 89.1 Å². The summed E-state index contributed by atoms with van der Waals surface area (Å²) in [6, 6.07) is 30.3. The van der Waals surface area contributed by atoms with Crippen LogP contribution in [0.4, 0.5) is 35.1 Å². The van der Waals surface area contributed by atoms with E-state index >= 15 is 13.2 Å². The molecule has 0 radical (unpaired) electrons. The number of halogens is 8. The number of pyridine rings is 4. The summed E-state index contributed by atoms with van der Waals surface area (Å²) in [7, 11) is 0. The van der Waals surface area contributed by atoms with Crippen LogP contribution in [-0.2, 0) is 0 Å². The second-order valence-corrected chi connectivity index (χ2v) is 24.3. The van der Waals surface area contributed by atoms with Crippen LogP contribution in [0.3, 0.4) is 0 Å². The zero-order valence-corrected chi connectivity index (χ0v) is 57.2. The maximum atomic E-state index is 15.0. The molecule has 0 amide bonds. The van der Waals surface area contributed by atoms with E-state index in [-0.39, 0.29) is 108 Å². The molecule has 0 fully saturated rings. The van der Waals surface area contributed by atoms with E-state index < -0.39 is 70.2 Å². The van der Waals surface area contributed by atoms with E-state index in [1.165, 1.54) is 80.1 Å². The van der Waals surface area contributed by atoms with Crippen LogP contribution in [0.2, 0.25) is 0 Å². The molecule has 27 nitrogen and oxygen atoms in total. The highest BCUT2D eigenvalue weighted by Crippen LogP contribution is 2.37. The summed E-state index contributed by atoms with van der Waals surface area (Å²) in [5.74, 6) is -7.90. The highest BCUT2D eigenvalue weighted by molar-refractivity contribution is 5.98. The Morgan fingerprint density at radius 3 is 0.787 bits per heavy atom. The minimum atomic E-state index is -0.774. The lowest BCUT2D eigenvalue weighted by Crippen LogP contribution is -2.11. The molecular weight excluding hydrogens is 1410 g/mol. The average Bonchev–Trinajstić information content (AvgIpc) is 1.27. The maximum absolute atomic E-state index is 15.0. The topological polar surface area (TPSA) is 339 Å². The number of fused-ring (bicyclic) bond motifs is 8.